The van der Waals surface area contributed by atoms with Gasteiger partial charge in [0.25, 0.3) is 0 Å². The molecule has 58 valence electrons. The van der Waals surface area contributed by atoms with Crippen LogP contribution in [0.4, 0.5) is 0 Å². The van der Waals surface area contributed by atoms with E-state index in [0.29, 0.717) is 12.5 Å². The summed E-state index contributed by atoms with van der Waals surface area (Å²) < 4.78 is 0. The highest BCUT2D eigenvalue weighted by Gasteiger charge is 2.19. The van der Waals surface area contributed by atoms with Gasteiger partial charge in [0.2, 0.25) is 5.91 Å². The summed E-state index contributed by atoms with van der Waals surface area (Å²) in [4.78, 5) is 10.7. The lowest BCUT2D eigenvalue weighted by atomic mass is 10.2. The maximum Gasteiger partial charge on any atom is 0.220 e. The largest absolute Gasteiger partial charge is 0.353 e. The summed E-state index contributed by atoms with van der Waals surface area (Å²) in [5.74, 6) is 0.209. The van der Waals surface area contributed by atoms with E-state index >= 15 is 0 Å². The van der Waals surface area contributed by atoms with E-state index in [9.17, 15) is 4.79 Å². The van der Waals surface area contributed by atoms with Crippen molar-refractivity contribution in [3.05, 3.63) is 0 Å². The Hall–Kier alpha value is -0.570. The zero-order valence-corrected chi connectivity index (χ0v) is 6.31. The molecule has 0 saturated carbocycles. The van der Waals surface area contributed by atoms with Crippen molar-refractivity contribution in [2.24, 2.45) is 0 Å². The molecule has 1 heterocycles. The number of carbonyl (C=O) groups is 1. The van der Waals surface area contributed by atoms with Gasteiger partial charge in [-0.25, -0.2) is 0 Å². The van der Waals surface area contributed by atoms with Gasteiger partial charge in [-0.3, -0.25) is 4.79 Å². The Morgan fingerprint density at radius 2 is 2.60 bits per heavy atom. The van der Waals surface area contributed by atoms with Gasteiger partial charge in [0.1, 0.15) is 0 Å². The fourth-order valence-corrected chi connectivity index (χ4v) is 1.21. The van der Waals surface area contributed by atoms with Gasteiger partial charge in [-0.15, -0.1) is 0 Å². The van der Waals surface area contributed by atoms with Crippen LogP contribution >= 0.6 is 0 Å². The molecule has 3 heteroatoms. The zero-order chi connectivity index (χ0) is 7.40. The predicted octanol–water partition coefficient (Wildman–Crippen LogP) is -0.126. The Balaban J connectivity index is 2.12. The molecule has 0 aromatic carbocycles. The van der Waals surface area contributed by atoms with E-state index in [1.165, 1.54) is 0 Å². The van der Waals surface area contributed by atoms with Crippen LogP contribution in [0.1, 0.15) is 19.3 Å². The number of hydrogen-bond acceptors (Lipinski definition) is 2. The Bertz CT molecular complexity index is 125. The van der Waals surface area contributed by atoms with Gasteiger partial charge >= 0.3 is 0 Å². The van der Waals surface area contributed by atoms with Crippen molar-refractivity contribution in [3.8, 4) is 0 Å². The summed E-state index contributed by atoms with van der Waals surface area (Å²) >= 11 is 0. The summed E-state index contributed by atoms with van der Waals surface area (Å²) in [6.45, 7) is 0.991. The molecule has 0 aromatic rings. The summed E-state index contributed by atoms with van der Waals surface area (Å²) in [5, 5.41) is 5.97. The third kappa shape index (κ3) is 1.99. The fraction of sp³-hybridized carbons (Fsp3) is 0.857. The van der Waals surface area contributed by atoms with Gasteiger partial charge < -0.3 is 10.6 Å². The Morgan fingerprint density at radius 3 is 3.10 bits per heavy atom. The van der Waals surface area contributed by atoms with Crippen LogP contribution in [-0.2, 0) is 4.79 Å². The number of hydrogen-bond donors (Lipinski definition) is 2. The lowest BCUT2D eigenvalue weighted by Crippen LogP contribution is -2.28. The molecule has 2 N–H and O–H groups in total. The van der Waals surface area contributed by atoms with E-state index in [4.69, 9.17) is 0 Å². The maximum atomic E-state index is 10.7. The molecule has 10 heavy (non-hydrogen) atoms. The lowest BCUT2D eigenvalue weighted by molar-refractivity contribution is -0.119. The molecule has 1 aliphatic rings. The topological polar surface area (TPSA) is 41.1 Å². The van der Waals surface area contributed by atoms with Crippen LogP contribution in [0.2, 0.25) is 0 Å². The van der Waals surface area contributed by atoms with Gasteiger partial charge in [0.05, 0.1) is 0 Å². The molecule has 0 bridgehead atoms. The Labute approximate surface area is 61.2 Å². The average molecular weight is 142 g/mol. The second kappa shape index (κ2) is 3.56. The van der Waals surface area contributed by atoms with E-state index in [-0.39, 0.29) is 5.91 Å². The smallest absolute Gasteiger partial charge is 0.220 e. The quantitative estimate of drug-likeness (QED) is 0.576. The summed E-state index contributed by atoms with van der Waals surface area (Å²) in [5.41, 5.74) is 0. The van der Waals surface area contributed by atoms with Gasteiger partial charge in [-0.2, -0.15) is 0 Å². The first-order valence-electron chi connectivity index (χ1n) is 3.77. The highest BCUT2D eigenvalue weighted by Crippen LogP contribution is 2.08. The Kier molecular flexibility index (Phi) is 2.68. The average Bonchev–Trinajstić information content (AvgIpc) is 2.31. The predicted molar refractivity (Wildman–Crippen MR) is 39.7 cm³/mol. The van der Waals surface area contributed by atoms with Gasteiger partial charge in [-0.05, 0) is 26.4 Å². The van der Waals surface area contributed by atoms with Crippen molar-refractivity contribution < 1.29 is 4.79 Å². The standard InChI is InChI=1S/C7H14N2O/c1-8-5-4-6-2-3-7(10)9-6/h6,8H,2-5H2,1H3,(H,9,10). The van der Waals surface area contributed by atoms with E-state index in [0.717, 1.165) is 19.4 Å². The number of nitrogens with one attached hydrogen (secondary N) is 2. The van der Waals surface area contributed by atoms with Crippen molar-refractivity contribution in [1.29, 1.82) is 0 Å². The second-order valence-electron chi connectivity index (χ2n) is 2.70. The summed E-state index contributed by atoms with van der Waals surface area (Å²) in [6, 6.07) is 0.431. The highest BCUT2D eigenvalue weighted by atomic mass is 16.1. The Morgan fingerprint density at radius 1 is 1.80 bits per heavy atom. The monoisotopic (exact) mass is 142 g/mol. The molecular formula is C7H14N2O. The molecule has 1 fully saturated rings. The van der Waals surface area contributed by atoms with Gasteiger partial charge in [-0.1, -0.05) is 0 Å². The first-order chi connectivity index (χ1) is 4.83. The van der Waals surface area contributed by atoms with E-state index in [1.807, 2.05) is 7.05 Å². The van der Waals surface area contributed by atoms with E-state index < -0.39 is 0 Å². The third-order valence-corrected chi connectivity index (χ3v) is 1.83. The van der Waals surface area contributed by atoms with Crippen LogP contribution < -0.4 is 10.6 Å². The first kappa shape index (κ1) is 7.54. The molecule has 1 rings (SSSR count). The van der Waals surface area contributed by atoms with Crippen LogP contribution in [0, 0.1) is 0 Å². The molecule has 0 spiro atoms. The highest BCUT2D eigenvalue weighted by molar-refractivity contribution is 5.78. The van der Waals surface area contributed by atoms with Crippen LogP contribution in [0.3, 0.4) is 0 Å². The molecule has 1 atom stereocenters. The van der Waals surface area contributed by atoms with E-state index in [1.54, 1.807) is 0 Å². The molecule has 1 aliphatic heterocycles. The molecule has 1 unspecified atom stereocenters. The van der Waals surface area contributed by atoms with Crippen LogP contribution in [-0.4, -0.2) is 25.5 Å². The molecule has 0 radical (unpaired) electrons. The molecule has 1 saturated heterocycles. The molecule has 0 aliphatic carbocycles. The van der Waals surface area contributed by atoms with Crippen molar-refractivity contribution in [1.82, 2.24) is 10.6 Å². The fourth-order valence-electron chi connectivity index (χ4n) is 1.21. The van der Waals surface area contributed by atoms with E-state index in [2.05, 4.69) is 10.6 Å². The molecular weight excluding hydrogens is 128 g/mol. The zero-order valence-electron chi connectivity index (χ0n) is 6.31. The summed E-state index contributed by atoms with van der Waals surface area (Å²) in [6.07, 6.45) is 2.79. The minimum Gasteiger partial charge on any atom is -0.353 e. The first-order valence-corrected chi connectivity index (χ1v) is 3.77. The maximum absolute atomic E-state index is 10.7. The van der Waals surface area contributed by atoms with Gasteiger partial charge in [0.15, 0.2) is 0 Å². The van der Waals surface area contributed by atoms with Crippen LogP contribution in [0.5, 0.6) is 0 Å². The number of amides is 1. The minimum absolute atomic E-state index is 0.209. The molecule has 1 amide bonds. The number of rotatable bonds is 3. The summed E-state index contributed by atoms with van der Waals surface area (Å²) in [7, 11) is 1.93. The number of carbonyl (C=O) groups excluding carboxylic acids is 1. The normalized spacial score (nSPS) is 24.9. The van der Waals surface area contributed by atoms with Crippen molar-refractivity contribution >= 4 is 5.91 Å². The second-order valence-corrected chi connectivity index (χ2v) is 2.70. The van der Waals surface area contributed by atoms with Crippen molar-refractivity contribution in [2.45, 2.75) is 25.3 Å². The van der Waals surface area contributed by atoms with Crippen LogP contribution in [0.25, 0.3) is 0 Å². The lowest BCUT2D eigenvalue weighted by Gasteiger charge is -2.07. The molecule has 3 nitrogen and oxygen atoms in total. The molecule has 0 aromatic heterocycles. The van der Waals surface area contributed by atoms with Crippen LogP contribution in [0.15, 0.2) is 0 Å². The van der Waals surface area contributed by atoms with Crippen molar-refractivity contribution in [3.63, 3.8) is 0 Å². The van der Waals surface area contributed by atoms with Gasteiger partial charge in [0, 0.05) is 12.5 Å². The van der Waals surface area contributed by atoms with Crippen molar-refractivity contribution in [2.75, 3.05) is 13.6 Å². The SMILES string of the molecule is CNCCC1CCC(=O)N1. The minimum atomic E-state index is 0.209. The third-order valence-electron chi connectivity index (χ3n) is 1.83.